The predicted molar refractivity (Wildman–Crippen MR) is 57.4 cm³/mol. The highest BCUT2D eigenvalue weighted by Crippen LogP contribution is 2.13. The molecule has 0 saturated carbocycles. The Morgan fingerprint density at radius 3 is 2.60 bits per heavy atom. The van der Waals surface area contributed by atoms with Crippen molar-refractivity contribution >= 4 is 5.69 Å². The zero-order valence-electron chi connectivity index (χ0n) is 8.09. The second-order valence-electron chi connectivity index (χ2n) is 3.32. The van der Waals surface area contributed by atoms with Crippen LogP contribution in [0.3, 0.4) is 0 Å². The summed E-state index contributed by atoms with van der Waals surface area (Å²) in [6.07, 6.45) is 2.18. The Bertz CT molecular complexity index is 454. The van der Waals surface area contributed by atoms with Gasteiger partial charge in [-0.05, 0) is 23.8 Å². The molecule has 2 aromatic rings. The molecular formula is C11H11N3O. The lowest BCUT2D eigenvalue weighted by molar-refractivity contribution is 0.475. The number of phenols is 1. The smallest absolute Gasteiger partial charge is 0.115 e. The lowest BCUT2D eigenvalue weighted by Gasteiger charge is -2.01. The first kappa shape index (κ1) is 9.45. The van der Waals surface area contributed by atoms with Crippen molar-refractivity contribution in [2.75, 3.05) is 5.73 Å². The number of rotatable bonds is 2. The van der Waals surface area contributed by atoms with Gasteiger partial charge in [0.2, 0.25) is 0 Å². The molecule has 4 nitrogen and oxygen atoms in total. The average Bonchev–Trinajstić information content (AvgIpc) is 2.22. The van der Waals surface area contributed by atoms with Crippen LogP contribution in [0.15, 0.2) is 36.5 Å². The maximum atomic E-state index is 9.12. The first-order chi connectivity index (χ1) is 7.24. The molecule has 0 amide bonds. The van der Waals surface area contributed by atoms with E-state index in [0.29, 0.717) is 12.1 Å². The van der Waals surface area contributed by atoms with Gasteiger partial charge in [-0.25, -0.2) is 0 Å². The number of benzene rings is 1. The second kappa shape index (κ2) is 3.96. The summed E-state index contributed by atoms with van der Waals surface area (Å²) in [5.74, 6) is 0.261. The van der Waals surface area contributed by atoms with Crippen molar-refractivity contribution in [3.63, 3.8) is 0 Å². The Morgan fingerprint density at radius 1 is 1.20 bits per heavy atom. The van der Waals surface area contributed by atoms with Crippen LogP contribution in [0.2, 0.25) is 0 Å². The van der Waals surface area contributed by atoms with Crippen LogP contribution in [0.4, 0.5) is 5.69 Å². The van der Waals surface area contributed by atoms with E-state index in [4.69, 9.17) is 10.8 Å². The topological polar surface area (TPSA) is 72.0 Å². The Balaban J connectivity index is 2.18. The summed E-state index contributed by atoms with van der Waals surface area (Å²) in [5.41, 5.74) is 8.09. The van der Waals surface area contributed by atoms with Crippen LogP contribution in [0.25, 0.3) is 0 Å². The van der Waals surface area contributed by atoms with E-state index in [1.54, 1.807) is 18.2 Å². The van der Waals surface area contributed by atoms with Crippen LogP contribution in [-0.4, -0.2) is 15.3 Å². The summed E-state index contributed by atoms with van der Waals surface area (Å²) in [6.45, 7) is 0. The number of nitrogen functional groups attached to an aromatic ring is 1. The molecule has 0 radical (unpaired) electrons. The molecule has 2 rings (SSSR count). The van der Waals surface area contributed by atoms with Crippen LogP contribution in [0.1, 0.15) is 11.3 Å². The molecule has 4 heteroatoms. The quantitative estimate of drug-likeness (QED) is 0.769. The predicted octanol–water partition coefficient (Wildman–Crippen LogP) is 1.36. The average molecular weight is 201 g/mol. The minimum absolute atomic E-state index is 0.261. The summed E-state index contributed by atoms with van der Waals surface area (Å²) >= 11 is 0. The number of aromatic nitrogens is 2. The molecule has 0 aliphatic rings. The van der Waals surface area contributed by atoms with Gasteiger partial charge < -0.3 is 10.8 Å². The number of phenolic OH excluding ortho intramolecular Hbond substituents is 1. The fraction of sp³-hybridized carbons (Fsp3) is 0.0909. The van der Waals surface area contributed by atoms with Gasteiger partial charge in [-0.3, -0.25) is 0 Å². The molecule has 1 aromatic carbocycles. The molecule has 0 spiro atoms. The number of aromatic hydroxyl groups is 1. The Kier molecular flexibility index (Phi) is 2.49. The van der Waals surface area contributed by atoms with Crippen LogP contribution in [0, 0.1) is 0 Å². The largest absolute Gasteiger partial charge is 0.508 e. The molecular weight excluding hydrogens is 190 g/mol. The molecule has 1 aromatic heterocycles. The monoisotopic (exact) mass is 201 g/mol. The van der Waals surface area contributed by atoms with Gasteiger partial charge in [-0.1, -0.05) is 12.1 Å². The van der Waals surface area contributed by atoms with Gasteiger partial charge in [0.25, 0.3) is 0 Å². The highest BCUT2D eigenvalue weighted by molar-refractivity contribution is 5.36. The lowest BCUT2D eigenvalue weighted by Crippen LogP contribution is -1.96. The molecule has 0 unspecified atom stereocenters. The van der Waals surface area contributed by atoms with E-state index in [-0.39, 0.29) is 5.75 Å². The fourth-order valence-corrected chi connectivity index (χ4v) is 1.34. The van der Waals surface area contributed by atoms with Gasteiger partial charge >= 0.3 is 0 Å². The van der Waals surface area contributed by atoms with Crippen molar-refractivity contribution in [1.29, 1.82) is 0 Å². The Hall–Kier alpha value is -2.10. The summed E-state index contributed by atoms with van der Waals surface area (Å²) in [4.78, 5) is 0. The standard InChI is InChI=1S/C11H11N3O/c12-9-6-10(14-13-7-9)5-8-1-3-11(15)4-2-8/h1-4,6-7,15H,5H2,(H2,12,14). The molecule has 0 saturated heterocycles. The molecule has 0 bridgehead atoms. The van der Waals surface area contributed by atoms with Crippen LogP contribution < -0.4 is 5.73 Å². The molecule has 1 heterocycles. The van der Waals surface area contributed by atoms with Crippen molar-refractivity contribution in [3.8, 4) is 5.75 Å². The van der Waals surface area contributed by atoms with Crippen molar-refractivity contribution in [1.82, 2.24) is 10.2 Å². The van der Waals surface area contributed by atoms with Gasteiger partial charge in [-0.2, -0.15) is 10.2 Å². The van der Waals surface area contributed by atoms with Crippen LogP contribution >= 0.6 is 0 Å². The van der Waals surface area contributed by atoms with Crippen molar-refractivity contribution < 1.29 is 5.11 Å². The van der Waals surface area contributed by atoms with Gasteiger partial charge in [0.15, 0.2) is 0 Å². The fourth-order valence-electron chi connectivity index (χ4n) is 1.34. The van der Waals surface area contributed by atoms with E-state index < -0.39 is 0 Å². The molecule has 0 atom stereocenters. The normalized spacial score (nSPS) is 10.1. The first-order valence-electron chi connectivity index (χ1n) is 4.59. The summed E-state index contributed by atoms with van der Waals surface area (Å²) in [7, 11) is 0. The van der Waals surface area contributed by atoms with Gasteiger partial charge in [-0.15, -0.1) is 0 Å². The van der Waals surface area contributed by atoms with E-state index in [2.05, 4.69) is 10.2 Å². The third-order valence-corrected chi connectivity index (χ3v) is 2.05. The lowest BCUT2D eigenvalue weighted by atomic mass is 10.1. The molecule has 76 valence electrons. The summed E-state index contributed by atoms with van der Waals surface area (Å²) in [5, 5.41) is 16.9. The van der Waals surface area contributed by atoms with Crippen molar-refractivity contribution in [2.24, 2.45) is 0 Å². The van der Waals surface area contributed by atoms with Crippen molar-refractivity contribution in [2.45, 2.75) is 6.42 Å². The second-order valence-corrected chi connectivity index (χ2v) is 3.32. The SMILES string of the molecule is Nc1cnnc(Cc2ccc(O)cc2)c1. The van der Waals surface area contributed by atoms with E-state index in [9.17, 15) is 0 Å². The number of hydrogen-bond acceptors (Lipinski definition) is 4. The van der Waals surface area contributed by atoms with Crippen molar-refractivity contribution in [3.05, 3.63) is 47.8 Å². The third-order valence-electron chi connectivity index (χ3n) is 2.05. The zero-order chi connectivity index (χ0) is 10.7. The van der Waals surface area contributed by atoms with Crippen LogP contribution in [0.5, 0.6) is 5.75 Å². The summed E-state index contributed by atoms with van der Waals surface area (Å²) in [6, 6.07) is 8.78. The van der Waals surface area contributed by atoms with Gasteiger partial charge in [0.05, 0.1) is 17.6 Å². The highest BCUT2D eigenvalue weighted by atomic mass is 16.3. The number of hydrogen-bond donors (Lipinski definition) is 2. The minimum Gasteiger partial charge on any atom is -0.508 e. The Morgan fingerprint density at radius 2 is 1.93 bits per heavy atom. The van der Waals surface area contributed by atoms with Gasteiger partial charge in [0.1, 0.15) is 5.75 Å². The van der Waals surface area contributed by atoms with Crippen LogP contribution in [-0.2, 0) is 6.42 Å². The van der Waals surface area contributed by atoms with Gasteiger partial charge in [0, 0.05) is 6.42 Å². The molecule has 3 N–H and O–H groups in total. The van der Waals surface area contributed by atoms with E-state index in [0.717, 1.165) is 11.3 Å². The molecule has 0 aliphatic heterocycles. The maximum absolute atomic E-state index is 9.12. The number of nitrogens with two attached hydrogens (primary N) is 1. The number of anilines is 1. The minimum atomic E-state index is 0.261. The maximum Gasteiger partial charge on any atom is 0.115 e. The highest BCUT2D eigenvalue weighted by Gasteiger charge is 1.99. The zero-order valence-corrected chi connectivity index (χ0v) is 8.09. The molecule has 0 fully saturated rings. The van der Waals surface area contributed by atoms with E-state index in [1.807, 2.05) is 12.1 Å². The summed E-state index contributed by atoms with van der Waals surface area (Å²) < 4.78 is 0. The third kappa shape index (κ3) is 2.43. The first-order valence-corrected chi connectivity index (χ1v) is 4.59. The van der Waals surface area contributed by atoms with E-state index >= 15 is 0 Å². The number of nitrogens with zero attached hydrogens (tertiary/aromatic N) is 2. The molecule has 15 heavy (non-hydrogen) atoms. The Labute approximate surface area is 87.4 Å². The molecule has 0 aliphatic carbocycles. The van der Waals surface area contributed by atoms with E-state index in [1.165, 1.54) is 6.20 Å².